The summed E-state index contributed by atoms with van der Waals surface area (Å²) in [4.78, 5) is 0. The molecular weight excluding hydrogens is 227 g/mol. The first-order valence-corrected chi connectivity index (χ1v) is 6.76. The largest absolute Gasteiger partial charge is 0.493 e. The van der Waals surface area contributed by atoms with Gasteiger partial charge in [0.05, 0.1) is 6.61 Å². The van der Waals surface area contributed by atoms with Gasteiger partial charge in [-0.1, -0.05) is 45.2 Å². The fourth-order valence-corrected chi connectivity index (χ4v) is 1.85. The van der Waals surface area contributed by atoms with Crippen molar-refractivity contribution in [2.24, 2.45) is 5.92 Å². The van der Waals surface area contributed by atoms with Crippen molar-refractivity contribution in [3.63, 3.8) is 0 Å². The molecule has 3 nitrogen and oxygen atoms in total. The molecule has 2 N–H and O–H groups in total. The van der Waals surface area contributed by atoms with Crippen molar-refractivity contribution in [2.75, 3.05) is 6.61 Å². The van der Waals surface area contributed by atoms with Gasteiger partial charge in [0.15, 0.2) is 0 Å². The Morgan fingerprint density at radius 3 is 2.33 bits per heavy atom. The summed E-state index contributed by atoms with van der Waals surface area (Å²) in [5, 5.41) is 18.0. The summed E-state index contributed by atoms with van der Waals surface area (Å²) in [5.41, 5.74) is 0.486. The van der Waals surface area contributed by atoms with E-state index in [-0.39, 0.29) is 0 Å². The minimum Gasteiger partial charge on any atom is -0.493 e. The molecule has 0 spiro atoms. The van der Waals surface area contributed by atoms with Crippen LogP contribution < -0.4 is 10.2 Å². The summed E-state index contributed by atoms with van der Waals surface area (Å²) < 4.78 is 5.73. The van der Waals surface area contributed by atoms with Gasteiger partial charge in [0.25, 0.3) is 0 Å². The van der Waals surface area contributed by atoms with Gasteiger partial charge in [-0.05, 0) is 29.9 Å². The second-order valence-electron chi connectivity index (χ2n) is 4.67. The maximum Gasteiger partial charge on any atom is 0.488 e. The molecular formula is C14H23BO3. The van der Waals surface area contributed by atoms with E-state index in [9.17, 15) is 0 Å². The van der Waals surface area contributed by atoms with Gasteiger partial charge in [-0.25, -0.2) is 0 Å². The summed E-state index contributed by atoms with van der Waals surface area (Å²) in [6, 6.07) is 6.91. The van der Waals surface area contributed by atoms with Crippen LogP contribution in [0.2, 0.25) is 0 Å². The molecule has 0 bridgehead atoms. The van der Waals surface area contributed by atoms with Crippen LogP contribution in [0.1, 0.15) is 39.5 Å². The number of rotatable bonds is 8. The molecule has 0 radical (unpaired) electrons. The zero-order valence-corrected chi connectivity index (χ0v) is 11.3. The Hall–Kier alpha value is -0.995. The molecule has 18 heavy (non-hydrogen) atoms. The van der Waals surface area contributed by atoms with E-state index in [4.69, 9.17) is 14.8 Å². The van der Waals surface area contributed by atoms with Crippen LogP contribution in [0, 0.1) is 5.92 Å². The van der Waals surface area contributed by atoms with E-state index < -0.39 is 7.12 Å². The van der Waals surface area contributed by atoms with Gasteiger partial charge in [-0.2, -0.15) is 0 Å². The van der Waals surface area contributed by atoms with E-state index in [0.717, 1.165) is 18.8 Å². The molecule has 1 aromatic rings. The highest BCUT2D eigenvalue weighted by molar-refractivity contribution is 6.58. The highest BCUT2D eigenvalue weighted by Crippen LogP contribution is 2.15. The monoisotopic (exact) mass is 250 g/mol. The Morgan fingerprint density at radius 1 is 1.17 bits per heavy atom. The Balaban J connectivity index is 2.42. The van der Waals surface area contributed by atoms with Gasteiger partial charge in [-0.15, -0.1) is 0 Å². The topological polar surface area (TPSA) is 49.7 Å². The third-order valence-corrected chi connectivity index (χ3v) is 3.21. The zero-order valence-electron chi connectivity index (χ0n) is 11.3. The van der Waals surface area contributed by atoms with Gasteiger partial charge in [0.2, 0.25) is 0 Å². The molecule has 0 aliphatic carbocycles. The number of benzene rings is 1. The van der Waals surface area contributed by atoms with Gasteiger partial charge >= 0.3 is 7.12 Å². The predicted octanol–water partition coefficient (Wildman–Crippen LogP) is 1.96. The second kappa shape index (κ2) is 8.17. The summed E-state index contributed by atoms with van der Waals surface area (Å²) in [5.74, 6) is 1.39. The average molecular weight is 250 g/mol. The van der Waals surface area contributed by atoms with Gasteiger partial charge in [-0.3, -0.25) is 0 Å². The Labute approximate surface area is 110 Å². The molecule has 4 heteroatoms. The van der Waals surface area contributed by atoms with Crippen LogP contribution in [-0.2, 0) is 0 Å². The number of ether oxygens (including phenoxy) is 1. The van der Waals surface area contributed by atoms with Crippen molar-refractivity contribution in [2.45, 2.75) is 39.5 Å². The third-order valence-electron chi connectivity index (χ3n) is 3.21. The smallest absolute Gasteiger partial charge is 0.488 e. The van der Waals surface area contributed by atoms with Crippen molar-refractivity contribution in [1.29, 1.82) is 0 Å². The van der Waals surface area contributed by atoms with Crippen molar-refractivity contribution in [3.05, 3.63) is 24.3 Å². The first kappa shape index (κ1) is 15.1. The minimum absolute atomic E-state index is 0.486. The zero-order chi connectivity index (χ0) is 13.4. The molecule has 1 unspecified atom stereocenters. The van der Waals surface area contributed by atoms with E-state index >= 15 is 0 Å². The predicted molar refractivity (Wildman–Crippen MR) is 75.1 cm³/mol. The fraction of sp³-hybridized carbons (Fsp3) is 0.571. The summed E-state index contributed by atoms with van der Waals surface area (Å²) in [6.45, 7) is 5.12. The second-order valence-corrected chi connectivity index (χ2v) is 4.67. The molecule has 0 saturated carbocycles. The van der Waals surface area contributed by atoms with Crippen molar-refractivity contribution in [1.82, 2.24) is 0 Å². The van der Waals surface area contributed by atoms with Crippen LogP contribution in [0.3, 0.4) is 0 Å². The molecule has 1 aromatic carbocycles. The highest BCUT2D eigenvalue weighted by Gasteiger charge is 2.11. The van der Waals surface area contributed by atoms with Gasteiger partial charge in [0.1, 0.15) is 5.75 Å². The number of unbranched alkanes of at least 4 members (excludes halogenated alkanes) is 1. The fourth-order valence-electron chi connectivity index (χ4n) is 1.85. The van der Waals surface area contributed by atoms with Crippen LogP contribution in [0.5, 0.6) is 5.75 Å². The SMILES string of the molecule is CCCCC(CC)COc1ccc(B(O)O)cc1. The maximum atomic E-state index is 8.98. The summed E-state index contributed by atoms with van der Waals surface area (Å²) >= 11 is 0. The van der Waals surface area contributed by atoms with Crippen molar-refractivity contribution >= 4 is 12.6 Å². The molecule has 100 valence electrons. The Kier molecular flexibility index (Phi) is 6.84. The standard InChI is InChI=1S/C14H23BO3/c1-3-5-6-12(4-2)11-18-14-9-7-13(8-10-14)15(16)17/h7-10,12,16-17H,3-6,11H2,1-2H3. The van der Waals surface area contributed by atoms with Crippen LogP contribution in [0.25, 0.3) is 0 Å². The lowest BCUT2D eigenvalue weighted by Gasteiger charge is -2.15. The van der Waals surface area contributed by atoms with Crippen LogP contribution in [-0.4, -0.2) is 23.8 Å². The molecule has 1 atom stereocenters. The van der Waals surface area contributed by atoms with E-state index in [0.29, 0.717) is 11.4 Å². The summed E-state index contributed by atoms with van der Waals surface area (Å²) in [7, 11) is -1.41. The quantitative estimate of drug-likeness (QED) is 0.693. The minimum atomic E-state index is -1.41. The Bertz CT molecular complexity index is 324. The molecule has 0 aliphatic rings. The van der Waals surface area contributed by atoms with E-state index in [2.05, 4.69) is 13.8 Å². The molecule has 0 heterocycles. The lowest BCUT2D eigenvalue weighted by molar-refractivity contribution is 0.233. The van der Waals surface area contributed by atoms with E-state index in [1.165, 1.54) is 19.3 Å². The molecule has 0 aliphatic heterocycles. The molecule has 0 fully saturated rings. The average Bonchev–Trinajstić information content (AvgIpc) is 2.39. The first-order valence-electron chi connectivity index (χ1n) is 6.76. The maximum absolute atomic E-state index is 8.98. The van der Waals surface area contributed by atoms with Crippen molar-refractivity contribution in [3.8, 4) is 5.75 Å². The Morgan fingerprint density at radius 2 is 1.83 bits per heavy atom. The third kappa shape index (κ3) is 5.11. The van der Waals surface area contributed by atoms with Crippen LogP contribution in [0.15, 0.2) is 24.3 Å². The lowest BCUT2D eigenvalue weighted by atomic mass is 9.80. The number of hydrogen-bond acceptors (Lipinski definition) is 3. The van der Waals surface area contributed by atoms with Crippen molar-refractivity contribution < 1.29 is 14.8 Å². The molecule has 0 aromatic heterocycles. The van der Waals surface area contributed by atoms with Crippen LogP contribution >= 0.6 is 0 Å². The first-order chi connectivity index (χ1) is 8.67. The van der Waals surface area contributed by atoms with E-state index in [1.54, 1.807) is 24.3 Å². The molecule has 0 saturated heterocycles. The van der Waals surface area contributed by atoms with Crippen LogP contribution in [0.4, 0.5) is 0 Å². The normalized spacial score (nSPS) is 12.2. The summed E-state index contributed by atoms with van der Waals surface area (Å²) in [6.07, 6.45) is 4.81. The molecule has 1 rings (SSSR count). The molecule has 0 amide bonds. The highest BCUT2D eigenvalue weighted by atomic mass is 16.5. The van der Waals surface area contributed by atoms with E-state index in [1.807, 2.05) is 0 Å². The number of hydrogen-bond donors (Lipinski definition) is 2. The lowest BCUT2D eigenvalue weighted by Crippen LogP contribution is -2.29. The van der Waals surface area contributed by atoms with Gasteiger partial charge in [0, 0.05) is 0 Å². The van der Waals surface area contributed by atoms with Gasteiger partial charge < -0.3 is 14.8 Å².